The molecule has 3 heterocycles. The fraction of sp³-hybridized carbons (Fsp3) is 0.235. The van der Waals surface area contributed by atoms with Crippen LogP contribution in [-0.4, -0.2) is 43.8 Å². The van der Waals surface area contributed by atoms with Crippen molar-refractivity contribution in [3.8, 4) is 23.8 Å². The monoisotopic (exact) mass is 368 g/mol. The third kappa shape index (κ3) is 2.43. The summed E-state index contributed by atoms with van der Waals surface area (Å²) in [6.07, 6.45) is 5.32. The van der Waals surface area contributed by atoms with E-state index in [0.717, 1.165) is 10.7 Å². The lowest BCUT2D eigenvalue weighted by molar-refractivity contribution is -0.121. The van der Waals surface area contributed by atoms with Gasteiger partial charge in [-0.1, -0.05) is 11.1 Å². The number of carbonyl (C=O) groups excluding carboxylic acids is 1. The molecule has 10 heteroatoms. The van der Waals surface area contributed by atoms with Crippen LogP contribution < -0.4 is 15.2 Å². The normalized spacial score (nSPS) is 13.4. The average molecular weight is 368 g/mol. The predicted octanol–water partition coefficient (Wildman–Crippen LogP) is 0.320. The third-order valence-electron chi connectivity index (χ3n) is 4.28. The van der Waals surface area contributed by atoms with E-state index in [1.807, 2.05) is 0 Å². The Hall–Kier alpha value is -3.74. The van der Waals surface area contributed by atoms with Crippen molar-refractivity contribution in [3.05, 3.63) is 34.0 Å². The van der Waals surface area contributed by atoms with E-state index in [1.54, 1.807) is 14.0 Å². The van der Waals surface area contributed by atoms with Gasteiger partial charge in [0, 0.05) is 13.1 Å². The van der Waals surface area contributed by atoms with Crippen LogP contribution in [0.4, 0.5) is 10.1 Å². The second-order valence-electron chi connectivity index (χ2n) is 5.96. The number of halogens is 1. The van der Waals surface area contributed by atoms with E-state index in [4.69, 9.17) is 11.2 Å². The van der Waals surface area contributed by atoms with Crippen LogP contribution in [0.15, 0.2) is 16.9 Å². The lowest BCUT2D eigenvalue weighted by Crippen LogP contribution is -2.39. The van der Waals surface area contributed by atoms with Crippen molar-refractivity contribution in [2.45, 2.75) is 6.92 Å². The fourth-order valence-corrected chi connectivity index (χ4v) is 3.04. The van der Waals surface area contributed by atoms with Crippen molar-refractivity contribution in [1.82, 2.24) is 24.8 Å². The fourth-order valence-electron chi connectivity index (χ4n) is 3.04. The number of aromatic nitrogens is 5. The Balaban J connectivity index is 1.96. The molecule has 1 aromatic carbocycles. The maximum Gasteiger partial charge on any atom is 0.286 e. The highest BCUT2D eigenvalue weighted by Gasteiger charge is 2.28. The molecule has 0 saturated carbocycles. The van der Waals surface area contributed by atoms with Crippen molar-refractivity contribution < 1.29 is 13.9 Å². The minimum atomic E-state index is -0.749. The Morgan fingerprint density at radius 3 is 2.85 bits per heavy atom. The van der Waals surface area contributed by atoms with Gasteiger partial charge in [-0.25, -0.2) is 9.07 Å². The van der Waals surface area contributed by atoms with Gasteiger partial charge >= 0.3 is 0 Å². The first-order chi connectivity index (χ1) is 12.9. The highest BCUT2D eigenvalue weighted by Crippen LogP contribution is 2.35. The number of fused-ring (bicyclic) bond motifs is 2. The van der Waals surface area contributed by atoms with Crippen LogP contribution in [0.3, 0.4) is 0 Å². The average Bonchev–Trinajstić information content (AvgIpc) is 2.93. The van der Waals surface area contributed by atoms with E-state index >= 15 is 0 Å². The molecule has 0 spiro atoms. The summed E-state index contributed by atoms with van der Waals surface area (Å²) in [7, 11) is 1.63. The molecule has 0 atom stereocenters. The molecular formula is C17H13FN6O3. The summed E-state index contributed by atoms with van der Waals surface area (Å²) in [6.45, 7) is 1.40. The maximum atomic E-state index is 14.7. The number of aryl methyl sites for hydroxylation is 2. The van der Waals surface area contributed by atoms with E-state index in [1.165, 1.54) is 15.6 Å². The summed E-state index contributed by atoms with van der Waals surface area (Å²) >= 11 is 0. The summed E-state index contributed by atoms with van der Waals surface area (Å²) in [5, 5.41) is 12.2. The molecule has 0 radical (unpaired) electrons. The number of carbonyl (C=O) groups is 1. The Morgan fingerprint density at radius 1 is 1.33 bits per heavy atom. The van der Waals surface area contributed by atoms with Gasteiger partial charge in [0.1, 0.15) is 16.8 Å². The van der Waals surface area contributed by atoms with E-state index < -0.39 is 11.4 Å². The molecule has 0 saturated heterocycles. The molecule has 4 rings (SSSR count). The van der Waals surface area contributed by atoms with Crippen LogP contribution in [0.5, 0.6) is 5.75 Å². The SMILES string of the molecule is C#CCN1C(=O)COc2cc(F)c(-n3nnc4c(c(C)nn4C)c3=O)cc21. The predicted molar refractivity (Wildman–Crippen MR) is 93.3 cm³/mol. The molecule has 136 valence electrons. The number of rotatable bonds is 2. The lowest BCUT2D eigenvalue weighted by Gasteiger charge is -2.28. The van der Waals surface area contributed by atoms with Crippen molar-refractivity contribution in [3.63, 3.8) is 0 Å². The van der Waals surface area contributed by atoms with E-state index in [-0.39, 0.29) is 41.6 Å². The van der Waals surface area contributed by atoms with Gasteiger partial charge in [-0.2, -0.15) is 9.78 Å². The van der Waals surface area contributed by atoms with E-state index in [0.29, 0.717) is 11.3 Å². The maximum absolute atomic E-state index is 14.7. The van der Waals surface area contributed by atoms with E-state index in [9.17, 15) is 14.0 Å². The summed E-state index contributed by atoms with van der Waals surface area (Å²) in [4.78, 5) is 26.2. The van der Waals surface area contributed by atoms with Gasteiger partial charge in [-0.3, -0.25) is 14.5 Å². The molecule has 27 heavy (non-hydrogen) atoms. The smallest absolute Gasteiger partial charge is 0.286 e. The molecule has 0 unspecified atom stereocenters. The zero-order chi connectivity index (χ0) is 19.3. The molecule has 1 aliphatic rings. The largest absolute Gasteiger partial charge is 0.481 e. The van der Waals surface area contributed by atoms with Crippen LogP contribution >= 0.6 is 0 Å². The highest BCUT2D eigenvalue weighted by atomic mass is 19.1. The Labute approximate surface area is 151 Å². The van der Waals surface area contributed by atoms with Gasteiger partial charge in [0.05, 0.1) is 17.9 Å². The Bertz CT molecular complexity index is 1210. The van der Waals surface area contributed by atoms with Gasteiger partial charge < -0.3 is 4.74 Å². The number of nitrogens with zero attached hydrogens (tertiary/aromatic N) is 6. The molecule has 0 fully saturated rings. The summed E-state index contributed by atoms with van der Waals surface area (Å²) in [6, 6.07) is 2.39. The van der Waals surface area contributed by atoms with Crippen LogP contribution in [0.25, 0.3) is 16.7 Å². The number of ether oxygens (including phenoxy) is 1. The molecule has 9 nitrogen and oxygen atoms in total. The summed E-state index contributed by atoms with van der Waals surface area (Å²) < 4.78 is 22.2. The summed E-state index contributed by atoms with van der Waals surface area (Å²) in [5.41, 5.74) is 0.261. The quantitative estimate of drug-likeness (QED) is 0.605. The number of amides is 1. The summed E-state index contributed by atoms with van der Waals surface area (Å²) in [5.74, 6) is 1.42. The first kappa shape index (κ1) is 16.7. The molecule has 0 aliphatic carbocycles. The standard InChI is InChI=1S/C17H13FN6O3/c1-4-5-23-12-7-11(10(18)6-13(12)27-8-14(23)25)24-17(26)15-9(2)20-22(3)16(15)19-21-24/h1,6-7H,5,8H2,2-3H3. The van der Waals surface area contributed by atoms with Crippen molar-refractivity contribution >= 4 is 22.6 Å². The minimum absolute atomic E-state index is 0.0123. The van der Waals surface area contributed by atoms with Crippen molar-refractivity contribution in [1.29, 1.82) is 0 Å². The molecule has 3 aromatic rings. The van der Waals surface area contributed by atoms with E-state index in [2.05, 4.69) is 21.3 Å². The number of benzene rings is 1. The second-order valence-corrected chi connectivity index (χ2v) is 5.96. The number of anilines is 1. The first-order valence-electron chi connectivity index (χ1n) is 7.92. The number of hydrogen-bond acceptors (Lipinski definition) is 6. The Morgan fingerprint density at radius 2 is 2.11 bits per heavy atom. The van der Waals surface area contributed by atoms with Gasteiger partial charge in [-0.15, -0.1) is 11.5 Å². The minimum Gasteiger partial charge on any atom is -0.481 e. The molecule has 1 amide bonds. The van der Waals surface area contributed by atoms with Crippen molar-refractivity contribution in [2.75, 3.05) is 18.1 Å². The topological polar surface area (TPSA) is 95.1 Å². The Kier molecular flexibility index (Phi) is 3.66. The zero-order valence-electron chi connectivity index (χ0n) is 14.4. The number of hydrogen-bond donors (Lipinski definition) is 0. The van der Waals surface area contributed by atoms with Crippen molar-refractivity contribution in [2.24, 2.45) is 7.05 Å². The molecule has 1 aliphatic heterocycles. The van der Waals surface area contributed by atoms with Gasteiger partial charge in [0.15, 0.2) is 18.1 Å². The van der Waals surface area contributed by atoms with Gasteiger partial charge in [0.25, 0.3) is 11.5 Å². The van der Waals surface area contributed by atoms with Crippen LogP contribution in [0.1, 0.15) is 5.69 Å². The van der Waals surface area contributed by atoms with Crippen LogP contribution in [-0.2, 0) is 11.8 Å². The van der Waals surface area contributed by atoms with Crippen LogP contribution in [0, 0.1) is 25.1 Å². The molecular weight excluding hydrogens is 355 g/mol. The van der Waals surface area contributed by atoms with Gasteiger partial charge in [0.2, 0.25) is 0 Å². The highest BCUT2D eigenvalue weighted by molar-refractivity contribution is 5.98. The number of terminal acetylenes is 1. The second kappa shape index (κ2) is 5.91. The lowest BCUT2D eigenvalue weighted by atomic mass is 10.2. The van der Waals surface area contributed by atoms with Crippen LogP contribution in [0.2, 0.25) is 0 Å². The van der Waals surface area contributed by atoms with Gasteiger partial charge in [-0.05, 0) is 13.0 Å². The molecule has 0 bridgehead atoms. The first-order valence-corrected chi connectivity index (χ1v) is 7.92. The zero-order valence-corrected chi connectivity index (χ0v) is 14.4. The molecule has 2 aromatic heterocycles. The molecule has 0 N–H and O–H groups in total. The third-order valence-corrected chi connectivity index (χ3v) is 4.28.